The molecule has 0 bridgehead atoms. The summed E-state index contributed by atoms with van der Waals surface area (Å²) >= 11 is 2.43. The molecule has 1 aromatic rings. The minimum atomic E-state index is 0.0571. The van der Waals surface area contributed by atoms with Crippen molar-refractivity contribution in [3.63, 3.8) is 0 Å². The van der Waals surface area contributed by atoms with E-state index < -0.39 is 0 Å². The molecule has 1 heterocycles. The Kier molecular flexibility index (Phi) is 2.90. The van der Waals surface area contributed by atoms with Gasteiger partial charge < -0.3 is 5.73 Å². The Morgan fingerprint density at radius 3 is 3.09 bits per heavy atom. The molecule has 0 spiro atoms. The molecule has 0 aliphatic carbocycles. The highest BCUT2D eigenvalue weighted by atomic mass is 32.2. The zero-order chi connectivity index (χ0) is 8.27. The van der Waals surface area contributed by atoms with Crippen molar-refractivity contribution in [2.45, 2.75) is 6.92 Å². The Morgan fingerprint density at radius 1 is 1.91 bits per heavy atom. The molecular formula is C6H8N2OS2. The molecule has 0 saturated heterocycles. The molecule has 0 atom stereocenters. The largest absolute Gasteiger partial charge is 0.383 e. The van der Waals surface area contributed by atoms with Crippen LogP contribution < -0.4 is 5.73 Å². The average molecular weight is 188 g/mol. The minimum Gasteiger partial charge on any atom is -0.383 e. The summed E-state index contributed by atoms with van der Waals surface area (Å²) in [5.74, 6) is 1.21. The van der Waals surface area contributed by atoms with Crippen LogP contribution in [0.3, 0.4) is 0 Å². The van der Waals surface area contributed by atoms with Crippen molar-refractivity contribution in [1.29, 1.82) is 0 Å². The normalized spacial score (nSPS) is 9.91. The van der Waals surface area contributed by atoms with Crippen LogP contribution in [-0.2, 0) is 0 Å². The number of carbonyl (C=O) groups is 1. The van der Waals surface area contributed by atoms with Crippen LogP contribution in [0.4, 0.5) is 5.82 Å². The van der Waals surface area contributed by atoms with Gasteiger partial charge in [-0.05, 0) is 17.3 Å². The first-order valence-electron chi connectivity index (χ1n) is 3.13. The highest BCUT2D eigenvalue weighted by Crippen LogP contribution is 2.18. The molecule has 0 amide bonds. The van der Waals surface area contributed by atoms with Gasteiger partial charge in [0.1, 0.15) is 10.7 Å². The van der Waals surface area contributed by atoms with Gasteiger partial charge in [-0.1, -0.05) is 18.7 Å². The van der Waals surface area contributed by atoms with Crippen molar-refractivity contribution in [3.8, 4) is 0 Å². The van der Waals surface area contributed by atoms with Crippen molar-refractivity contribution in [3.05, 3.63) is 10.9 Å². The van der Waals surface area contributed by atoms with Crippen molar-refractivity contribution in [1.82, 2.24) is 4.37 Å². The molecule has 0 fully saturated rings. The standard InChI is InChI=1S/C6H8N2OS2/c1-2-10-6(9)4-3-5(7)8-11-4/h3H,2H2,1H3,(H2,7,8). The zero-order valence-electron chi connectivity index (χ0n) is 6.03. The molecule has 0 aliphatic heterocycles. The first kappa shape index (κ1) is 8.55. The van der Waals surface area contributed by atoms with Crippen molar-refractivity contribution < 1.29 is 4.79 Å². The molecule has 11 heavy (non-hydrogen) atoms. The quantitative estimate of drug-likeness (QED) is 0.766. The first-order chi connectivity index (χ1) is 5.24. The van der Waals surface area contributed by atoms with E-state index in [-0.39, 0.29) is 5.12 Å². The number of nitrogens with two attached hydrogens (primary N) is 1. The second-order valence-electron chi connectivity index (χ2n) is 1.84. The number of anilines is 1. The van der Waals surface area contributed by atoms with E-state index in [4.69, 9.17) is 5.73 Å². The number of carbonyl (C=O) groups excluding carboxylic acids is 1. The fraction of sp³-hybridized carbons (Fsp3) is 0.333. The molecule has 2 N–H and O–H groups in total. The minimum absolute atomic E-state index is 0.0571. The maximum absolute atomic E-state index is 11.1. The second-order valence-corrected chi connectivity index (χ2v) is 3.88. The summed E-state index contributed by atoms with van der Waals surface area (Å²) in [6.45, 7) is 1.94. The molecule has 1 rings (SSSR count). The first-order valence-corrected chi connectivity index (χ1v) is 4.89. The average Bonchev–Trinajstić information content (AvgIpc) is 2.36. The van der Waals surface area contributed by atoms with Crippen molar-refractivity contribution in [2.24, 2.45) is 0 Å². The number of nitrogen functional groups attached to an aromatic ring is 1. The summed E-state index contributed by atoms with van der Waals surface area (Å²) in [7, 11) is 0. The lowest BCUT2D eigenvalue weighted by atomic mass is 10.5. The van der Waals surface area contributed by atoms with Gasteiger partial charge in [-0.3, -0.25) is 4.79 Å². The van der Waals surface area contributed by atoms with Gasteiger partial charge in [-0.15, -0.1) is 0 Å². The van der Waals surface area contributed by atoms with Gasteiger partial charge in [-0.25, -0.2) is 0 Å². The van der Waals surface area contributed by atoms with Crippen LogP contribution in [0.2, 0.25) is 0 Å². The van der Waals surface area contributed by atoms with Gasteiger partial charge in [0.15, 0.2) is 0 Å². The van der Waals surface area contributed by atoms with Crippen LogP contribution in [0.5, 0.6) is 0 Å². The van der Waals surface area contributed by atoms with Crippen LogP contribution >= 0.6 is 23.3 Å². The Bertz CT molecular complexity index is 259. The molecule has 3 nitrogen and oxygen atoms in total. The smallest absolute Gasteiger partial charge is 0.230 e. The molecule has 5 heteroatoms. The topological polar surface area (TPSA) is 56.0 Å². The maximum Gasteiger partial charge on any atom is 0.230 e. The van der Waals surface area contributed by atoms with E-state index in [1.807, 2.05) is 6.92 Å². The summed E-state index contributed by atoms with van der Waals surface area (Å²) in [5.41, 5.74) is 5.35. The van der Waals surface area contributed by atoms with E-state index in [1.54, 1.807) is 6.07 Å². The van der Waals surface area contributed by atoms with Gasteiger partial charge in [0.05, 0.1) is 0 Å². The molecule has 0 unspecified atom stereocenters. The van der Waals surface area contributed by atoms with Crippen LogP contribution in [0, 0.1) is 0 Å². The molecule has 1 aromatic heterocycles. The summed E-state index contributed by atoms with van der Waals surface area (Å²) in [4.78, 5) is 11.8. The SMILES string of the molecule is CCSC(=O)c1cc(N)ns1. The molecule has 0 saturated carbocycles. The van der Waals surface area contributed by atoms with E-state index in [1.165, 1.54) is 11.8 Å². The summed E-state index contributed by atoms with van der Waals surface area (Å²) < 4.78 is 3.81. The molecule has 0 radical (unpaired) electrons. The van der Waals surface area contributed by atoms with Gasteiger partial charge in [0, 0.05) is 6.07 Å². The predicted molar refractivity (Wildman–Crippen MR) is 49.0 cm³/mol. The summed E-state index contributed by atoms with van der Waals surface area (Å²) in [6, 6.07) is 1.61. The Labute approximate surface area is 73.2 Å². The van der Waals surface area contributed by atoms with E-state index in [2.05, 4.69) is 4.37 Å². The lowest BCUT2D eigenvalue weighted by Gasteiger charge is -1.89. The monoisotopic (exact) mass is 188 g/mol. The molecule has 0 aromatic carbocycles. The summed E-state index contributed by atoms with van der Waals surface area (Å²) in [5, 5.41) is 0.0571. The van der Waals surface area contributed by atoms with Gasteiger partial charge in [-0.2, -0.15) is 4.37 Å². The lowest BCUT2D eigenvalue weighted by molar-refractivity contribution is 0.109. The Balaban J connectivity index is 2.69. The van der Waals surface area contributed by atoms with Gasteiger partial charge in [0.25, 0.3) is 0 Å². The van der Waals surface area contributed by atoms with Crippen LogP contribution in [-0.4, -0.2) is 15.2 Å². The number of rotatable bonds is 2. The van der Waals surface area contributed by atoms with Crippen molar-refractivity contribution >= 4 is 34.2 Å². The van der Waals surface area contributed by atoms with Crippen LogP contribution in [0.25, 0.3) is 0 Å². The number of hydrogen-bond acceptors (Lipinski definition) is 5. The highest BCUT2D eigenvalue weighted by Gasteiger charge is 2.08. The zero-order valence-corrected chi connectivity index (χ0v) is 7.67. The van der Waals surface area contributed by atoms with E-state index >= 15 is 0 Å². The number of aromatic nitrogens is 1. The van der Waals surface area contributed by atoms with Crippen molar-refractivity contribution in [2.75, 3.05) is 11.5 Å². The fourth-order valence-corrected chi connectivity index (χ4v) is 1.84. The molecule has 0 aliphatic rings. The third kappa shape index (κ3) is 2.20. The number of hydrogen-bond donors (Lipinski definition) is 1. The highest BCUT2D eigenvalue weighted by molar-refractivity contribution is 8.14. The fourth-order valence-electron chi connectivity index (χ4n) is 0.587. The third-order valence-electron chi connectivity index (χ3n) is 1.00. The number of thioether (sulfide) groups is 1. The summed E-state index contributed by atoms with van der Waals surface area (Å²) in [6.07, 6.45) is 0. The predicted octanol–water partition coefficient (Wildman–Crippen LogP) is 1.62. The molecule has 60 valence electrons. The molecular weight excluding hydrogens is 180 g/mol. The second kappa shape index (κ2) is 3.73. The van der Waals surface area contributed by atoms with E-state index in [9.17, 15) is 4.79 Å². The Hall–Kier alpha value is -0.550. The van der Waals surface area contributed by atoms with Crippen LogP contribution in [0.1, 0.15) is 16.6 Å². The third-order valence-corrected chi connectivity index (χ3v) is 2.71. The van der Waals surface area contributed by atoms with Crippen LogP contribution in [0.15, 0.2) is 6.07 Å². The maximum atomic E-state index is 11.1. The van der Waals surface area contributed by atoms with Gasteiger partial charge in [0.2, 0.25) is 5.12 Å². The Morgan fingerprint density at radius 2 is 2.64 bits per heavy atom. The van der Waals surface area contributed by atoms with Gasteiger partial charge >= 0.3 is 0 Å². The lowest BCUT2D eigenvalue weighted by Crippen LogP contribution is -1.89. The van der Waals surface area contributed by atoms with E-state index in [0.717, 1.165) is 17.3 Å². The van der Waals surface area contributed by atoms with E-state index in [0.29, 0.717) is 10.7 Å². The number of nitrogens with zero attached hydrogens (tertiary/aromatic N) is 1.